The number of pyridine rings is 1. The summed E-state index contributed by atoms with van der Waals surface area (Å²) < 4.78 is 0. The lowest BCUT2D eigenvalue weighted by molar-refractivity contribution is 0.672. The summed E-state index contributed by atoms with van der Waals surface area (Å²) in [5.41, 5.74) is 7.74. The lowest BCUT2D eigenvalue weighted by Gasteiger charge is -2.28. The topological polar surface area (TPSA) is 42.1 Å². The molecule has 94 valence electrons. The largest absolute Gasteiger partial charge is 0.399 e. The summed E-state index contributed by atoms with van der Waals surface area (Å²) in [5, 5.41) is 0. The van der Waals surface area contributed by atoms with E-state index < -0.39 is 0 Å². The van der Waals surface area contributed by atoms with E-state index in [0.717, 1.165) is 18.1 Å². The van der Waals surface area contributed by atoms with E-state index in [2.05, 4.69) is 35.9 Å². The van der Waals surface area contributed by atoms with Crippen LogP contribution in [0.1, 0.15) is 19.4 Å². The van der Waals surface area contributed by atoms with Crippen molar-refractivity contribution in [3.05, 3.63) is 54.2 Å². The van der Waals surface area contributed by atoms with E-state index in [4.69, 9.17) is 5.73 Å². The highest BCUT2D eigenvalue weighted by molar-refractivity contribution is 5.43. The Morgan fingerprint density at radius 3 is 2.39 bits per heavy atom. The fourth-order valence-electron chi connectivity index (χ4n) is 1.87. The Labute approximate surface area is 108 Å². The third kappa shape index (κ3) is 3.00. The van der Waals surface area contributed by atoms with E-state index in [1.165, 1.54) is 5.56 Å². The summed E-state index contributed by atoms with van der Waals surface area (Å²) in [7, 11) is 0. The molecule has 18 heavy (non-hydrogen) atoms. The van der Waals surface area contributed by atoms with Gasteiger partial charge in [-0.1, -0.05) is 18.2 Å². The van der Waals surface area contributed by atoms with Gasteiger partial charge in [0.15, 0.2) is 0 Å². The quantitative estimate of drug-likeness (QED) is 0.836. The molecule has 3 heteroatoms. The van der Waals surface area contributed by atoms with Gasteiger partial charge in [0.1, 0.15) is 5.82 Å². The van der Waals surface area contributed by atoms with Crippen molar-refractivity contribution < 1.29 is 0 Å². The van der Waals surface area contributed by atoms with Gasteiger partial charge in [-0.25, -0.2) is 4.98 Å². The highest BCUT2D eigenvalue weighted by Crippen LogP contribution is 2.17. The molecule has 0 radical (unpaired) electrons. The summed E-state index contributed by atoms with van der Waals surface area (Å²) in [4.78, 5) is 6.68. The highest BCUT2D eigenvalue weighted by Gasteiger charge is 2.11. The molecule has 0 saturated heterocycles. The van der Waals surface area contributed by atoms with Gasteiger partial charge in [0.05, 0.1) is 0 Å². The zero-order valence-corrected chi connectivity index (χ0v) is 10.9. The van der Waals surface area contributed by atoms with Gasteiger partial charge in [0.25, 0.3) is 0 Å². The van der Waals surface area contributed by atoms with Crippen LogP contribution in [0.15, 0.2) is 48.7 Å². The lowest BCUT2D eigenvalue weighted by Crippen LogP contribution is -2.30. The minimum atomic E-state index is 0.400. The summed E-state index contributed by atoms with van der Waals surface area (Å²) in [6.07, 6.45) is 1.83. The Hall–Kier alpha value is -2.03. The normalized spacial score (nSPS) is 10.6. The van der Waals surface area contributed by atoms with Crippen LogP contribution in [0.4, 0.5) is 11.5 Å². The Kier molecular flexibility index (Phi) is 3.82. The maximum absolute atomic E-state index is 5.70. The van der Waals surface area contributed by atoms with Crippen LogP contribution in [0.2, 0.25) is 0 Å². The third-order valence-electron chi connectivity index (χ3n) is 2.90. The number of rotatable bonds is 4. The third-order valence-corrected chi connectivity index (χ3v) is 2.90. The van der Waals surface area contributed by atoms with Gasteiger partial charge >= 0.3 is 0 Å². The molecular formula is C15H19N3. The molecule has 1 aromatic carbocycles. The minimum Gasteiger partial charge on any atom is -0.399 e. The van der Waals surface area contributed by atoms with Crippen LogP contribution in [0.5, 0.6) is 0 Å². The maximum atomic E-state index is 5.70. The first-order valence-corrected chi connectivity index (χ1v) is 6.19. The zero-order chi connectivity index (χ0) is 13.0. The van der Waals surface area contributed by atoms with Crippen LogP contribution in [0.3, 0.4) is 0 Å². The van der Waals surface area contributed by atoms with E-state index >= 15 is 0 Å². The van der Waals surface area contributed by atoms with Gasteiger partial charge in [-0.2, -0.15) is 0 Å². The molecule has 0 saturated carbocycles. The number of benzene rings is 1. The van der Waals surface area contributed by atoms with Crippen molar-refractivity contribution >= 4 is 11.5 Å². The molecule has 0 fully saturated rings. The number of hydrogen-bond acceptors (Lipinski definition) is 3. The molecule has 1 aromatic heterocycles. The first-order chi connectivity index (χ1) is 8.66. The van der Waals surface area contributed by atoms with Crippen LogP contribution in [-0.4, -0.2) is 11.0 Å². The second-order valence-corrected chi connectivity index (χ2v) is 4.65. The van der Waals surface area contributed by atoms with Crippen molar-refractivity contribution in [2.24, 2.45) is 0 Å². The van der Waals surface area contributed by atoms with Gasteiger partial charge in [0.2, 0.25) is 0 Å². The van der Waals surface area contributed by atoms with E-state index in [9.17, 15) is 0 Å². The summed E-state index contributed by atoms with van der Waals surface area (Å²) in [6, 6.07) is 14.4. The number of anilines is 2. The fraction of sp³-hybridized carbons (Fsp3) is 0.267. The highest BCUT2D eigenvalue weighted by atomic mass is 15.2. The molecule has 2 rings (SSSR count). The Bertz CT molecular complexity index is 477. The maximum Gasteiger partial charge on any atom is 0.128 e. The average molecular weight is 241 g/mol. The van der Waals surface area contributed by atoms with Gasteiger partial charge in [-0.3, -0.25) is 0 Å². The first kappa shape index (κ1) is 12.4. The van der Waals surface area contributed by atoms with Crippen molar-refractivity contribution in [2.75, 3.05) is 10.6 Å². The first-order valence-electron chi connectivity index (χ1n) is 6.19. The Morgan fingerprint density at radius 2 is 1.83 bits per heavy atom. The molecule has 0 bridgehead atoms. The van der Waals surface area contributed by atoms with Gasteiger partial charge in [0, 0.05) is 24.5 Å². The molecule has 3 nitrogen and oxygen atoms in total. The summed E-state index contributed by atoms with van der Waals surface area (Å²) in [5.74, 6) is 1.00. The molecule has 2 aromatic rings. The van der Waals surface area contributed by atoms with Crippen molar-refractivity contribution in [3.63, 3.8) is 0 Å². The van der Waals surface area contributed by atoms with Crippen molar-refractivity contribution in [1.29, 1.82) is 0 Å². The van der Waals surface area contributed by atoms with E-state index in [1.807, 2.05) is 36.5 Å². The molecule has 0 atom stereocenters. The number of nitrogens with two attached hydrogens (primary N) is 1. The predicted molar refractivity (Wildman–Crippen MR) is 76.4 cm³/mol. The van der Waals surface area contributed by atoms with Gasteiger partial charge < -0.3 is 10.6 Å². The fourth-order valence-corrected chi connectivity index (χ4v) is 1.87. The lowest BCUT2D eigenvalue weighted by atomic mass is 10.1. The minimum absolute atomic E-state index is 0.400. The van der Waals surface area contributed by atoms with Crippen LogP contribution >= 0.6 is 0 Å². The van der Waals surface area contributed by atoms with E-state index in [0.29, 0.717) is 6.04 Å². The average Bonchev–Trinajstić information content (AvgIpc) is 2.38. The zero-order valence-electron chi connectivity index (χ0n) is 10.9. The molecule has 0 aliphatic rings. The predicted octanol–water partition coefficient (Wildman–Crippen LogP) is 3.08. The van der Waals surface area contributed by atoms with Gasteiger partial charge in [-0.05, 0) is 43.7 Å². The van der Waals surface area contributed by atoms with Crippen molar-refractivity contribution in [1.82, 2.24) is 4.98 Å². The molecule has 0 aliphatic heterocycles. The smallest absolute Gasteiger partial charge is 0.128 e. The summed E-state index contributed by atoms with van der Waals surface area (Å²) >= 11 is 0. The number of nitrogens with zero attached hydrogens (tertiary/aromatic N) is 2. The standard InChI is InChI=1S/C15H19N3/c1-12(2)18(15-5-3-4-10-17-15)11-13-6-8-14(16)9-7-13/h3-10,12H,11,16H2,1-2H3. The van der Waals surface area contributed by atoms with E-state index in [1.54, 1.807) is 0 Å². The van der Waals surface area contributed by atoms with Crippen LogP contribution in [0.25, 0.3) is 0 Å². The molecule has 2 N–H and O–H groups in total. The number of nitrogen functional groups attached to an aromatic ring is 1. The second kappa shape index (κ2) is 5.54. The molecule has 1 heterocycles. The van der Waals surface area contributed by atoms with Crippen LogP contribution in [-0.2, 0) is 6.54 Å². The van der Waals surface area contributed by atoms with E-state index in [-0.39, 0.29) is 0 Å². The number of aromatic nitrogens is 1. The molecule has 0 aliphatic carbocycles. The van der Waals surface area contributed by atoms with Gasteiger partial charge in [-0.15, -0.1) is 0 Å². The Morgan fingerprint density at radius 1 is 1.11 bits per heavy atom. The SMILES string of the molecule is CC(C)N(Cc1ccc(N)cc1)c1ccccn1. The molecule has 0 spiro atoms. The summed E-state index contributed by atoms with van der Waals surface area (Å²) in [6.45, 7) is 5.19. The molecule has 0 amide bonds. The Balaban J connectivity index is 2.19. The second-order valence-electron chi connectivity index (χ2n) is 4.65. The molecule has 0 unspecified atom stereocenters. The molecular weight excluding hydrogens is 222 g/mol. The van der Waals surface area contributed by atoms with Crippen molar-refractivity contribution in [2.45, 2.75) is 26.4 Å². The van der Waals surface area contributed by atoms with Crippen LogP contribution < -0.4 is 10.6 Å². The monoisotopic (exact) mass is 241 g/mol. The van der Waals surface area contributed by atoms with Crippen molar-refractivity contribution in [3.8, 4) is 0 Å². The number of hydrogen-bond donors (Lipinski definition) is 1. The van der Waals surface area contributed by atoms with Crippen LogP contribution in [0, 0.1) is 0 Å².